The quantitative estimate of drug-likeness (QED) is 0.142. The van der Waals surface area contributed by atoms with Crippen LogP contribution in [0.1, 0.15) is 98.9 Å². The molecule has 2 heterocycles. The molecule has 4 aliphatic rings. The van der Waals surface area contributed by atoms with Gasteiger partial charge in [-0.05, 0) is 63.5 Å². The highest BCUT2D eigenvalue weighted by molar-refractivity contribution is 5.94. The van der Waals surface area contributed by atoms with Crippen LogP contribution in [-0.4, -0.2) is 105 Å². The van der Waals surface area contributed by atoms with Crippen molar-refractivity contribution in [2.24, 2.45) is 16.7 Å². The predicted molar refractivity (Wildman–Crippen MR) is 209 cm³/mol. The van der Waals surface area contributed by atoms with Crippen molar-refractivity contribution in [3.05, 3.63) is 71.2 Å². The number of Topliss-reactive ketones (excluding diaryl/α,β-unsaturated/α-hetero) is 1. The van der Waals surface area contributed by atoms with Crippen molar-refractivity contribution in [2.45, 2.75) is 148 Å². The van der Waals surface area contributed by atoms with Gasteiger partial charge in [0.25, 0.3) is 0 Å². The van der Waals surface area contributed by atoms with Crippen molar-refractivity contribution >= 4 is 29.8 Å². The molecule has 16 nitrogen and oxygen atoms in total. The first-order valence-electron chi connectivity index (χ1n) is 20.2. The van der Waals surface area contributed by atoms with Gasteiger partial charge in [0, 0.05) is 37.5 Å². The third kappa shape index (κ3) is 7.76. The Kier molecular flexibility index (Phi) is 12.2. The van der Waals surface area contributed by atoms with Crippen LogP contribution < -0.4 is 5.32 Å². The molecule has 328 valence electrons. The van der Waals surface area contributed by atoms with Gasteiger partial charge in [-0.2, -0.15) is 0 Å². The standard InChI is InChI=1S/C44H57NO15/c1-10-30(47)58-28-19-29-43(22-56-29,59-24(3)46)35-37(55-21-25-15-12-11-13-16-25)44(53)20-27(23(2)31(41(44,7)8)33(48)36(50)42(28,35)9)57-38(51)34(49)32(26-17-14-18-54-26)45-39(52)60-40(4,5)6/h11-18,27-29,32-35,37,48-49,53H,10,19-22H2,1-9H3,(H,45,52)/t27-,28?,29+,32-,33+,34+,35?,37-,42+,43-,44+/m0/s1. The number of furan rings is 1. The van der Waals surface area contributed by atoms with E-state index < -0.39 is 112 Å². The zero-order chi connectivity index (χ0) is 44.2. The number of carbonyl (C=O) groups is 5. The van der Waals surface area contributed by atoms with Gasteiger partial charge >= 0.3 is 24.0 Å². The van der Waals surface area contributed by atoms with Crippen LogP contribution in [0.15, 0.2) is 64.3 Å². The lowest BCUT2D eigenvalue weighted by molar-refractivity contribution is -0.352. The Hall–Kier alpha value is -4.61. The molecule has 3 fully saturated rings. The average molecular weight is 840 g/mol. The molecular formula is C44H57NO15. The molecule has 3 aliphatic carbocycles. The van der Waals surface area contributed by atoms with Crippen LogP contribution in [0.2, 0.25) is 0 Å². The summed E-state index contributed by atoms with van der Waals surface area (Å²) in [5.41, 5.74) is -7.16. The molecule has 2 aromatic rings. The minimum Gasteiger partial charge on any atom is -0.467 e. The number of alkyl carbamates (subject to hydrolysis) is 1. The van der Waals surface area contributed by atoms with Crippen LogP contribution in [0.4, 0.5) is 4.79 Å². The van der Waals surface area contributed by atoms with Crippen LogP contribution in [0.5, 0.6) is 0 Å². The van der Waals surface area contributed by atoms with Crippen LogP contribution in [0.3, 0.4) is 0 Å². The fourth-order valence-electron chi connectivity index (χ4n) is 9.79. The topological polar surface area (TPSA) is 227 Å². The summed E-state index contributed by atoms with van der Waals surface area (Å²) in [5.74, 6) is -4.69. The normalized spacial score (nSPS) is 33.0. The van der Waals surface area contributed by atoms with E-state index in [0.717, 1.165) is 0 Å². The number of carbonyl (C=O) groups excluding carboxylic acids is 5. The van der Waals surface area contributed by atoms with E-state index in [4.69, 9.17) is 32.8 Å². The van der Waals surface area contributed by atoms with Gasteiger partial charge in [-0.1, -0.05) is 51.1 Å². The Morgan fingerprint density at radius 1 is 1.03 bits per heavy atom. The lowest BCUT2D eigenvalue weighted by atomic mass is 9.44. The van der Waals surface area contributed by atoms with E-state index in [9.17, 15) is 34.5 Å². The van der Waals surface area contributed by atoms with Crippen molar-refractivity contribution in [3.8, 4) is 0 Å². The minimum absolute atomic E-state index is 0.00676. The minimum atomic E-state index is -2.17. The van der Waals surface area contributed by atoms with Crippen LogP contribution in [0, 0.1) is 16.7 Å². The molecule has 4 N–H and O–H groups in total. The summed E-state index contributed by atoms with van der Waals surface area (Å²) in [6, 6.07) is 10.5. The van der Waals surface area contributed by atoms with Crippen molar-refractivity contribution in [2.75, 3.05) is 6.61 Å². The van der Waals surface area contributed by atoms with Crippen LogP contribution in [0.25, 0.3) is 0 Å². The molecule has 1 aromatic carbocycles. The third-order valence-electron chi connectivity index (χ3n) is 12.8. The number of fused-ring (bicyclic) bond motifs is 5. The maximum Gasteiger partial charge on any atom is 0.408 e. The molecule has 1 saturated heterocycles. The highest BCUT2D eigenvalue weighted by Crippen LogP contribution is 2.64. The first-order chi connectivity index (χ1) is 28.0. The number of aliphatic hydroxyl groups excluding tert-OH is 2. The molecule has 0 radical (unpaired) electrons. The second-order valence-corrected chi connectivity index (χ2v) is 18.0. The molecule has 1 aromatic heterocycles. The van der Waals surface area contributed by atoms with E-state index in [0.29, 0.717) is 5.56 Å². The molecule has 6 rings (SSSR count). The van der Waals surface area contributed by atoms with E-state index in [2.05, 4.69) is 5.32 Å². The number of benzene rings is 1. The number of hydrogen-bond donors (Lipinski definition) is 4. The number of rotatable bonds is 11. The van der Waals surface area contributed by atoms with E-state index in [1.165, 1.54) is 32.2 Å². The number of amides is 1. The first kappa shape index (κ1) is 44.9. The maximum atomic E-state index is 15.4. The molecule has 2 bridgehead atoms. The number of aliphatic hydroxyl groups is 3. The molecule has 60 heavy (non-hydrogen) atoms. The van der Waals surface area contributed by atoms with E-state index in [1.807, 2.05) is 6.07 Å². The lowest BCUT2D eigenvalue weighted by Gasteiger charge is -2.68. The zero-order valence-electron chi connectivity index (χ0n) is 35.5. The van der Waals surface area contributed by atoms with E-state index in [-0.39, 0.29) is 43.0 Å². The maximum absolute atomic E-state index is 15.4. The molecule has 11 atom stereocenters. The fourth-order valence-corrected chi connectivity index (χ4v) is 9.79. The summed E-state index contributed by atoms with van der Waals surface area (Å²) in [6.45, 7) is 13.8. The second-order valence-electron chi connectivity index (χ2n) is 18.0. The van der Waals surface area contributed by atoms with Crippen molar-refractivity contribution < 1.29 is 72.1 Å². The molecule has 16 heteroatoms. The fraction of sp³-hybridized carbons (Fsp3) is 0.614. The van der Waals surface area contributed by atoms with E-state index >= 15 is 4.79 Å². The molecule has 2 saturated carbocycles. The number of esters is 3. The molecular weight excluding hydrogens is 782 g/mol. The Balaban J connectivity index is 1.50. The van der Waals surface area contributed by atoms with Gasteiger partial charge in [-0.3, -0.25) is 14.4 Å². The molecule has 2 unspecified atom stereocenters. The summed E-state index contributed by atoms with van der Waals surface area (Å²) >= 11 is 0. The van der Waals surface area contributed by atoms with Crippen LogP contribution >= 0.6 is 0 Å². The first-order valence-corrected chi connectivity index (χ1v) is 20.2. The number of hydrogen-bond acceptors (Lipinski definition) is 15. The van der Waals surface area contributed by atoms with Gasteiger partial charge in [0.15, 0.2) is 17.5 Å². The Morgan fingerprint density at radius 2 is 1.72 bits per heavy atom. The summed E-state index contributed by atoms with van der Waals surface area (Å²) < 4.78 is 41.8. The summed E-state index contributed by atoms with van der Waals surface area (Å²) in [6.07, 6.45) is -9.23. The number of ketones is 1. The predicted octanol–water partition coefficient (Wildman–Crippen LogP) is 4.17. The molecule has 1 amide bonds. The zero-order valence-corrected chi connectivity index (χ0v) is 35.5. The smallest absolute Gasteiger partial charge is 0.408 e. The SMILES string of the molecule is CCC(=O)OC1C[C@H]2OC[C@@]2(OC(C)=O)C2[C@H](OCc3ccccc3)[C@]3(O)C[C@H](OC(=O)[C@H](O)[C@@H](NC(=O)OC(C)(C)C)c4ccco4)C(C)=C([C@@H](O)C(=O)[C@]12C)C3(C)C. The monoisotopic (exact) mass is 839 g/mol. The summed E-state index contributed by atoms with van der Waals surface area (Å²) in [4.78, 5) is 68.4. The van der Waals surface area contributed by atoms with Gasteiger partial charge in [-0.15, -0.1) is 0 Å². The lowest BCUT2D eigenvalue weighted by Crippen LogP contribution is -2.82. The Bertz CT molecular complexity index is 1990. The van der Waals surface area contributed by atoms with Crippen LogP contribution in [-0.2, 0) is 54.2 Å². The highest BCUT2D eigenvalue weighted by atomic mass is 16.6. The Labute approximate surface area is 348 Å². The number of ether oxygens (including phenoxy) is 6. The average Bonchev–Trinajstić information content (AvgIpc) is 3.70. The van der Waals surface area contributed by atoms with Crippen molar-refractivity contribution in [1.82, 2.24) is 5.32 Å². The molecule has 1 aliphatic heterocycles. The van der Waals surface area contributed by atoms with Gasteiger partial charge in [-0.25, -0.2) is 9.59 Å². The number of nitrogens with one attached hydrogen (secondary N) is 1. The highest BCUT2D eigenvalue weighted by Gasteiger charge is 2.78. The third-order valence-corrected chi connectivity index (χ3v) is 12.8. The van der Waals surface area contributed by atoms with Gasteiger partial charge in [0.05, 0.1) is 31.0 Å². The Morgan fingerprint density at radius 3 is 2.28 bits per heavy atom. The summed E-state index contributed by atoms with van der Waals surface area (Å²) in [7, 11) is 0. The van der Waals surface area contributed by atoms with Gasteiger partial charge in [0.1, 0.15) is 47.4 Å². The second kappa shape index (κ2) is 16.3. The van der Waals surface area contributed by atoms with Gasteiger partial charge < -0.3 is 53.5 Å². The van der Waals surface area contributed by atoms with Crippen molar-refractivity contribution in [3.63, 3.8) is 0 Å². The van der Waals surface area contributed by atoms with E-state index in [1.54, 1.807) is 72.7 Å². The largest absolute Gasteiger partial charge is 0.467 e. The van der Waals surface area contributed by atoms with Crippen molar-refractivity contribution in [1.29, 1.82) is 0 Å². The summed E-state index contributed by atoms with van der Waals surface area (Å²) in [5, 5.41) is 40.0. The molecule has 0 spiro atoms. The van der Waals surface area contributed by atoms with Gasteiger partial charge in [0.2, 0.25) is 0 Å².